The van der Waals surface area contributed by atoms with Crippen LogP contribution in [-0.2, 0) is 0 Å². The number of halogens is 3. The maximum Gasteiger partial charge on any atom is 0.337 e. The van der Waals surface area contributed by atoms with Gasteiger partial charge in [0, 0.05) is 0 Å². The van der Waals surface area contributed by atoms with Crippen LogP contribution in [0.5, 0.6) is 0 Å². The summed E-state index contributed by atoms with van der Waals surface area (Å²) in [5.41, 5.74) is -0.239. The molecular formula is C7H3BrClFO2. The van der Waals surface area contributed by atoms with E-state index in [2.05, 4.69) is 15.9 Å². The number of hydrogen-bond acceptors (Lipinski definition) is 1. The Morgan fingerprint density at radius 1 is 1.58 bits per heavy atom. The van der Waals surface area contributed by atoms with Crippen LogP contribution in [0.3, 0.4) is 0 Å². The predicted octanol–water partition coefficient (Wildman–Crippen LogP) is 2.94. The Bertz CT molecular complexity index is 340. The highest BCUT2D eigenvalue weighted by molar-refractivity contribution is 9.10. The smallest absolute Gasteiger partial charge is 0.337 e. The average molecular weight is 253 g/mol. The fourth-order valence-electron chi connectivity index (χ4n) is 0.686. The summed E-state index contributed by atoms with van der Waals surface area (Å²) in [7, 11) is 0. The molecule has 0 amide bonds. The summed E-state index contributed by atoms with van der Waals surface area (Å²) in [6, 6.07) is 2.08. The third-order valence-corrected chi connectivity index (χ3v) is 2.16. The fourth-order valence-corrected chi connectivity index (χ4v) is 1.41. The Morgan fingerprint density at radius 3 is 2.67 bits per heavy atom. The maximum absolute atomic E-state index is 12.8. The summed E-state index contributed by atoms with van der Waals surface area (Å²) >= 11 is 8.40. The van der Waals surface area contributed by atoms with Gasteiger partial charge in [0.1, 0.15) is 5.82 Å². The van der Waals surface area contributed by atoms with Crippen LogP contribution in [0, 0.1) is 5.82 Å². The first-order valence-corrected chi connectivity index (χ1v) is 4.07. The molecule has 0 aliphatic heterocycles. The molecule has 0 aromatic heterocycles. The number of carbonyl (C=O) groups is 1. The lowest BCUT2D eigenvalue weighted by Crippen LogP contribution is -1.98. The lowest BCUT2D eigenvalue weighted by atomic mass is 10.2. The first-order chi connectivity index (χ1) is 5.52. The third kappa shape index (κ3) is 1.76. The van der Waals surface area contributed by atoms with Crippen molar-refractivity contribution < 1.29 is 14.3 Å². The standard InChI is InChI=1S/C7H3BrClFO2/c8-4-2-5(9)3(7(11)12)1-6(4)10/h1-2H,(H,11,12). The number of carboxylic acids is 1. The zero-order valence-corrected chi connectivity index (χ0v) is 7.99. The van der Waals surface area contributed by atoms with Crippen LogP contribution in [-0.4, -0.2) is 11.1 Å². The molecule has 0 aliphatic carbocycles. The molecule has 0 bridgehead atoms. The molecule has 0 fully saturated rings. The molecule has 0 heterocycles. The quantitative estimate of drug-likeness (QED) is 0.781. The molecule has 0 spiro atoms. The first kappa shape index (κ1) is 9.48. The van der Waals surface area contributed by atoms with E-state index in [0.29, 0.717) is 0 Å². The van der Waals surface area contributed by atoms with Crippen molar-refractivity contribution in [3.8, 4) is 0 Å². The van der Waals surface area contributed by atoms with Gasteiger partial charge in [-0.15, -0.1) is 0 Å². The summed E-state index contributed by atoms with van der Waals surface area (Å²) in [6.07, 6.45) is 0. The van der Waals surface area contributed by atoms with Crippen molar-refractivity contribution in [3.63, 3.8) is 0 Å². The average Bonchev–Trinajstić information content (AvgIpc) is 1.96. The Balaban J connectivity index is 3.33. The van der Waals surface area contributed by atoms with Gasteiger partial charge >= 0.3 is 5.97 Å². The molecule has 12 heavy (non-hydrogen) atoms. The van der Waals surface area contributed by atoms with Gasteiger partial charge < -0.3 is 5.11 Å². The van der Waals surface area contributed by atoms with E-state index in [4.69, 9.17) is 16.7 Å². The lowest BCUT2D eigenvalue weighted by molar-refractivity contribution is 0.0696. The largest absolute Gasteiger partial charge is 0.478 e. The molecule has 0 saturated carbocycles. The van der Waals surface area contributed by atoms with E-state index < -0.39 is 11.8 Å². The van der Waals surface area contributed by atoms with Crippen LogP contribution in [0.4, 0.5) is 4.39 Å². The van der Waals surface area contributed by atoms with Crippen LogP contribution < -0.4 is 0 Å². The molecule has 1 rings (SSSR count). The molecule has 5 heteroatoms. The summed E-state index contributed by atoms with van der Waals surface area (Å²) in [4.78, 5) is 10.4. The van der Waals surface area contributed by atoms with E-state index >= 15 is 0 Å². The Kier molecular flexibility index (Phi) is 2.69. The van der Waals surface area contributed by atoms with Gasteiger partial charge in [-0.25, -0.2) is 9.18 Å². The van der Waals surface area contributed by atoms with Crippen LogP contribution >= 0.6 is 27.5 Å². The van der Waals surface area contributed by atoms with Crippen molar-refractivity contribution >= 4 is 33.5 Å². The normalized spacial score (nSPS) is 9.92. The van der Waals surface area contributed by atoms with Crippen molar-refractivity contribution in [1.29, 1.82) is 0 Å². The number of benzene rings is 1. The second kappa shape index (κ2) is 3.41. The Morgan fingerprint density at radius 2 is 2.17 bits per heavy atom. The molecule has 0 radical (unpaired) electrons. The fraction of sp³-hybridized carbons (Fsp3) is 0. The van der Waals surface area contributed by atoms with E-state index in [0.717, 1.165) is 6.07 Å². The molecule has 64 valence electrons. The summed E-state index contributed by atoms with van der Waals surface area (Å²) < 4.78 is 12.9. The summed E-state index contributed by atoms with van der Waals surface area (Å²) in [5, 5.41) is 8.52. The molecule has 0 atom stereocenters. The number of aromatic carboxylic acids is 1. The van der Waals surface area contributed by atoms with Crippen molar-refractivity contribution in [1.82, 2.24) is 0 Å². The Hall–Kier alpha value is -0.610. The van der Waals surface area contributed by atoms with E-state index in [9.17, 15) is 9.18 Å². The molecule has 1 N–H and O–H groups in total. The molecule has 2 nitrogen and oxygen atoms in total. The molecular weight excluding hydrogens is 250 g/mol. The summed E-state index contributed by atoms with van der Waals surface area (Å²) in [6.45, 7) is 0. The second-order valence-corrected chi connectivity index (χ2v) is 3.31. The monoisotopic (exact) mass is 252 g/mol. The van der Waals surface area contributed by atoms with Crippen LogP contribution in [0.15, 0.2) is 16.6 Å². The molecule has 1 aromatic carbocycles. The van der Waals surface area contributed by atoms with Gasteiger partial charge in [-0.2, -0.15) is 0 Å². The Labute approximate surface area is 81.1 Å². The zero-order chi connectivity index (χ0) is 9.30. The topological polar surface area (TPSA) is 37.3 Å². The van der Waals surface area contributed by atoms with E-state index in [1.807, 2.05) is 0 Å². The third-order valence-electron chi connectivity index (χ3n) is 1.24. The van der Waals surface area contributed by atoms with Gasteiger partial charge in [0.05, 0.1) is 15.1 Å². The van der Waals surface area contributed by atoms with Crippen molar-refractivity contribution in [3.05, 3.63) is 33.0 Å². The van der Waals surface area contributed by atoms with Crippen molar-refractivity contribution in [2.24, 2.45) is 0 Å². The van der Waals surface area contributed by atoms with Crippen molar-refractivity contribution in [2.75, 3.05) is 0 Å². The highest BCUT2D eigenvalue weighted by Gasteiger charge is 2.11. The van der Waals surface area contributed by atoms with Gasteiger partial charge in [0.2, 0.25) is 0 Å². The first-order valence-electron chi connectivity index (χ1n) is 2.90. The van der Waals surface area contributed by atoms with Gasteiger partial charge in [0.15, 0.2) is 0 Å². The predicted molar refractivity (Wildman–Crippen MR) is 46.1 cm³/mol. The minimum Gasteiger partial charge on any atom is -0.478 e. The number of carboxylic acid groups (broad SMARTS) is 1. The minimum absolute atomic E-state index is 0.00998. The maximum atomic E-state index is 12.8. The van der Waals surface area contributed by atoms with Crippen LogP contribution in [0.1, 0.15) is 10.4 Å². The van der Waals surface area contributed by atoms with Crippen LogP contribution in [0.25, 0.3) is 0 Å². The molecule has 0 aliphatic rings. The van der Waals surface area contributed by atoms with Gasteiger partial charge in [-0.1, -0.05) is 11.6 Å². The van der Waals surface area contributed by atoms with Gasteiger partial charge in [-0.05, 0) is 28.1 Å². The number of hydrogen-bond donors (Lipinski definition) is 1. The summed E-state index contributed by atoms with van der Waals surface area (Å²) in [5.74, 6) is -1.89. The molecule has 0 unspecified atom stereocenters. The van der Waals surface area contributed by atoms with Gasteiger partial charge in [0.25, 0.3) is 0 Å². The van der Waals surface area contributed by atoms with Crippen molar-refractivity contribution in [2.45, 2.75) is 0 Å². The zero-order valence-electron chi connectivity index (χ0n) is 5.64. The van der Waals surface area contributed by atoms with Crippen LogP contribution in [0.2, 0.25) is 5.02 Å². The lowest BCUT2D eigenvalue weighted by Gasteiger charge is -1.99. The molecule has 0 saturated heterocycles. The van der Waals surface area contributed by atoms with E-state index in [1.165, 1.54) is 6.07 Å². The molecule has 1 aromatic rings. The van der Waals surface area contributed by atoms with E-state index in [1.54, 1.807) is 0 Å². The van der Waals surface area contributed by atoms with Gasteiger partial charge in [-0.3, -0.25) is 0 Å². The highest BCUT2D eigenvalue weighted by atomic mass is 79.9. The van der Waals surface area contributed by atoms with E-state index in [-0.39, 0.29) is 15.1 Å². The second-order valence-electron chi connectivity index (χ2n) is 2.05. The highest BCUT2D eigenvalue weighted by Crippen LogP contribution is 2.24. The SMILES string of the molecule is O=C(O)c1cc(F)c(Br)cc1Cl. The number of rotatable bonds is 1. The minimum atomic E-state index is -1.24.